The smallest absolute Gasteiger partial charge is 0.322 e. The van der Waals surface area contributed by atoms with E-state index in [1.54, 1.807) is 24.3 Å². The van der Waals surface area contributed by atoms with Gasteiger partial charge in [0.2, 0.25) is 0 Å². The molecule has 0 aromatic heterocycles. The summed E-state index contributed by atoms with van der Waals surface area (Å²) in [4.78, 5) is 12.3. The SMILES string of the molecule is O=C(Nc1ccc(Cl)c(C(F)(F)F)c1)c1ccc(-c2ccccc2)cc1. The fourth-order valence-electron chi connectivity index (χ4n) is 2.47. The first kappa shape index (κ1) is 18.0. The lowest BCUT2D eigenvalue weighted by molar-refractivity contribution is -0.137. The summed E-state index contributed by atoms with van der Waals surface area (Å²) in [6, 6.07) is 19.7. The van der Waals surface area contributed by atoms with Crippen molar-refractivity contribution in [1.82, 2.24) is 0 Å². The van der Waals surface area contributed by atoms with E-state index in [2.05, 4.69) is 5.32 Å². The normalized spacial score (nSPS) is 11.2. The Morgan fingerprint density at radius 3 is 2.08 bits per heavy atom. The molecule has 0 spiro atoms. The highest BCUT2D eigenvalue weighted by atomic mass is 35.5. The number of halogens is 4. The van der Waals surface area contributed by atoms with Crippen molar-refractivity contribution in [2.75, 3.05) is 5.32 Å². The van der Waals surface area contributed by atoms with Crippen molar-refractivity contribution in [2.45, 2.75) is 6.18 Å². The van der Waals surface area contributed by atoms with Gasteiger partial charge in [0.25, 0.3) is 5.91 Å². The minimum atomic E-state index is -4.59. The number of hydrogen-bond donors (Lipinski definition) is 1. The molecule has 26 heavy (non-hydrogen) atoms. The first-order chi connectivity index (χ1) is 12.3. The highest BCUT2D eigenvalue weighted by Gasteiger charge is 2.33. The number of anilines is 1. The van der Waals surface area contributed by atoms with Crippen LogP contribution >= 0.6 is 11.6 Å². The fraction of sp³-hybridized carbons (Fsp3) is 0.0500. The third-order valence-corrected chi connectivity index (χ3v) is 4.11. The molecule has 0 heterocycles. The molecule has 1 N–H and O–H groups in total. The van der Waals surface area contributed by atoms with Gasteiger partial charge in [0.15, 0.2) is 0 Å². The van der Waals surface area contributed by atoms with Gasteiger partial charge in [-0.3, -0.25) is 4.79 Å². The molecule has 0 atom stereocenters. The topological polar surface area (TPSA) is 29.1 Å². The summed E-state index contributed by atoms with van der Waals surface area (Å²) in [6.45, 7) is 0. The van der Waals surface area contributed by atoms with Gasteiger partial charge in [-0.1, -0.05) is 54.1 Å². The molecule has 0 unspecified atom stereocenters. The van der Waals surface area contributed by atoms with Crippen molar-refractivity contribution in [1.29, 1.82) is 0 Å². The van der Waals surface area contributed by atoms with Crippen molar-refractivity contribution in [2.24, 2.45) is 0 Å². The number of alkyl halides is 3. The van der Waals surface area contributed by atoms with Crippen LogP contribution in [-0.4, -0.2) is 5.91 Å². The van der Waals surface area contributed by atoms with Gasteiger partial charge < -0.3 is 5.32 Å². The number of nitrogens with one attached hydrogen (secondary N) is 1. The molecule has 1 amide bonds. The maximum Gasteiger partial charge on any atom is 0.417 e. The Bertz CT molecular complexity index is 922. The average Bonchev–Trinajstić information content (AvgIpc) is 2.63. The van der Waals surface area contributed by atoms with E-state index in [4.69, 9.17) is 11.6 Å². The summed E-state index contributed by atoms with van der Waals surface area (Å²) in [6.07, 6.45) is -4.59. The standard InChI is InChI=1S/C20H13ClF3NO/c21-18-11-10-16(12-17(18)20(22,23)24)25-19(26)15-8-6-14(7-9-15)13-4-2-1-3-5-13/h1-12H,(H,25,26). The van der Waals surface area contributed by atoms with Crippen molar-refractivity contribution >= 4 is 23.2 Å². The molecule has 0 saturated heterocycles. The molecule has 0 aliphatic carbocycles. The Morgan fingerprint density at radius 1 is 0.846 bits per heavy atom. The zero-order valence-electron chi connectivity index (χ0n) is 13.3. The maximum absolute atomic E-state index is 12.9. The van der Waals surface area contributed by atoms with Crippen LogP contribution in [0.2, 0.25) is 5.02 Å². The molecule has 132 valence electrons. The van der Waals surface area contributed by atoms with Crippen LogP contribution in [-0.2, 0) is 6.18 Å². The lowest BCUT2D eigenvalue weighted by Gasteiger charge is -2.12. The van der Waals surface area contributed by atoms with Crippen molar-refractivity contribution in [3.63, 3.8) is 0 Å². The molecule has 0 aliphatic rings. The van der Waals surface area contributed by atoms with Crippen LogP contribution in [0.1, 0.15) is 15.9 Å². The van der Waals surface area contributed by atoms with Crippen LogP contribution in [0.5, 0.6) is 0 Å². The number of hydrogen-bond acceptors (Lipinski definition) is 1. The van der Waals surface area contributed by atoms with E-state index >= 15 is 0 Å². The van der Waals surface area contributed by atoms with Crippen LogP contribution in [0.15, 0.2) is 72.8 Å². The van der Waals surface area contributed by atoms with E-state index in [0.717, 1.165) is 23.3 Å². The van der Waals surface area contributed by atoms with Gasteiger partial charge in [-0.25, -0.2) is 0 Å². The number of amides is 1. The molecular weight excluding hydrogens is 363 g/mol. The molecule has 0 saturated carbocycles. The molecule has 3 rings (SSSR count). The summed E-state index contributed by atoms with van der Waals surface area (Å²) < 4.78 is 38.7. The van der Waals surface area contributed by atoms with Gasteiger partial charge in [-0.15, -0.1) is 0 Å². The largest absolute Gasteiger partial charge is 0.417 e. The fourth-order valence-corrected chi connectivity index (χ4v) is 2.69. The molecule has 0 aliphatic heterocycles. The minimum absolute atomic E-state index is 0.0267. The van der Waals surface area contributed by atoms with E-state index in [0.29, 0.717) is 5.56 Å². The van der Waals surface area contributed by atoms with Gasteiger partial charge in [0.05, 0.1) is 10.6 Å². The number of carbonyl (C=O) groups excluding carboxylic acids is 1. The second kappa shape index (κ2) is 7.22. The van der Waals surface area contributed by atoms with E-state index in [9.17, 15) is 18.0 Å². The third-order valence-electron chi connectivity index (χ3n) is 3.78. The molecule has 0 fully saturated rings. The summed E-state index contributed by atoms with van der Waals surface area (Å²) in [5, 5.41) is 2.05. The summed E-state index contributed by atoms with van der Waals surface area (Å²) in [5.41, 5.74) is 1.32. The van der Waals surface area contributed by atoms with Crippen LogP contribution in [0, 0.1) is 0 Å². The highest BCUT2D eigenvalue weighted by Crippen LogP contribution is 2.36. The van der Waals surface area contributed by atoms with E-state index in [1.165, 1.54) is 6.07 Å². The molecule has 3 aromatic rings. The van der Waals surface area contributed by atoms with Crippen molar-refractivity contribution < 1.29 is 18.0 Å². The Kier molecular flexibility index (Phi) is 5.00. The lowest BCUT2D eigenvalue weighted by atomic mass is 10.0. The third kappa shape index (κ3) is 4.06. The summed E-state index contributed by atoms with van der Waals surface area (Å²) in [7, 11) is 0. The Balaban J connectivity index is 1.78. The molecule has 0 radical (unpaired) electrons. The summed E-state index contributed by atoms with van der Waals surface area (Å²) >= 11 is 5.58. The van der Waals surface area contributed by atoms with Gasteiger partial charge in [-0.2, -0.15) is 13.2 Å². The van der Waals surface area contributed by atoms with Crippen molar-refractivity contribution in [3.05, 3.63) is 88.9 Å². The van der Waals surface area contributed by atoms with E-state index < -0.39 is 22.7 Å². The molecule has 3 aromatic carbocycles. The first-order valence-corrected chi connectivity index (χ1v) is 8.06. The second-order valence-corrected chi connectivity index (χ2v) is 6.00. The van der Waals surface area contributed by atoms with E-state index in [-0.39, 0.29) is 5.69 Å². The average molecular weight is 376 g/mol. The van der Waals surface area contributed by atoms with Crippen LogP contribution in [0.4, 0.5) is 18.9 Å². The number of carbonyl (C=O) groups is 1. The van der Waals surface area contributed by atoms with Crippen LogP contribution < -0.4 is 5.32 Å². The molecule has 6 heteroatoms. The Labute approximate surface area is 153 Å². The zero-order valence-corrected chi connectivity index (χ0v) is 14.1. The van der Waals surface area contributed by atoms with Gasteiger partial charge >= 0.3 is 6.18 Å². The van der Waals surface area contributed by atoms with Crippen molar-refractivity contribution in [3.8, 4) is 11.1 Å². The molecule has 0 bridgehead atoms. The van der Waals surface area contributed by atoms with Crippen LogP contribution in [0.3, 0.4) is 0 Å². The number of benzene rings is 3. The predicted molar refractivity (Wildman–Crippen MR) is 96.3 cm³/mol. The Hall–Kier alpha value is -2.79. The predicted octanol–water partition coefficient (Wildman–Crippen LogP) is 6.28. The van der Waals surface area contributed by atoms with Gasteiger partial charge in [-0.05, 0) is 41.5 Å². The lowest BCUT2D eigenvalue weighted by Crippen LogP contribution is -2.13. The maximum atomic E-state index is 12.9. The van der Waals surface area contributed by atoms with Gasteiger partial charge in [0, 0.05) is 11.3 Å². The highest BCUT2D eigenvalue weighted by molar-refractivity contribution is 6.31. The first-order valence-electron chi connectivity index (χ1n) is 7.68. The minimum Gasteiger partial charge on any atom is -0.322 e. The second-order valence-electron chi connectivity index (χ2n) is 5.59. The van der Waals surface area contributed by atoms with Crippen LogP contribution in [0.25, 0.3) is 11.1 Å². The van der Waals surface area contributed by atoms with E-state index in [1.807, 2.05) is 30.3 Å². The Morgan fingerprint density at radius 2 is 1.46 bits per heavy atom. The quantitative estimate of drug-likeness (QED) is 0.573. The van der Waals surface area contributed by atoms with Gasteiger partial charge in [0.1, 0.15) is 0 Å². The number of rotatable bonds is 3. The monoisotopic (exact) mass is 375 g/mol. The summed E-state index contributed by atoms with van der Waals surface area (Å²) in [5.74, 6) is -0.500. The molecule has 2 nitrogen and oxygen atoms in total. The molecular formula is C20H13ClF3NO. The zero-order chi connectivity index (χ0) is 18.7.